The molecule has 0 spiro atoms. The van der Waals surface area contributed by atoms with E-state index in [2.05, 4.69) is 53.1 Å². The van der Waals surface area contributed by atoms with Crippen LogP contribution in [0.15, 0.2) is 36.4 Å². The third-order valence-corrected chi connectivity index (χ3v) is 8.49. The average molecular weight is 663 g/mol. The molecule has 0 N–H and O–H groups in total. The van der Waals surface area contributed by atoms with Gasteiger partial charge < -0.3 is 33.6 Å². The van der Waals surface area contributed by atoms with Gasteiger partial charge >= 0.3 is 18.1 Å². The number of likely N-dealkylation sites (N-methyl/N-ethyl adjacent to an activating group) is 1. The zero-order chi connectivity index (χ0) is 34.4. The minimum absolute atomic E-state index is 0.206. The number of unbranched alkanes of at least 4 members (excludes halogenated alkanes) is 1. The van der Waals surface area contributed by atoms with Gasteiger partial charge in [-0.25, -0.2) is 9.59 Å². The maximum atomic E-state index is 13.1. The summed E-state index contributed by atoms with van der Waals surface area (Å²) in [5.41, 5.74) is 2.28. The molecule has 1 fully saturated rings. The summed E-state index contributed by atoms with van der Waals surface area (Å²) >= 11 is 0. The van der Waals surface area contributed by atoms with Crippen molar-refractivity contribution in [2.45, 2.75) is 65.1 Å². The number of rotatable bonds is 11. The number of aromatic nitrogens is 2. The molecule has 12 heteroatoms. The number of esters is 1. The normalized spacial score (nSPS) is 16.6. The maximum Gasteiger partial charge on any atom is 0.411 e. The summed E-state index contributed by atoms with van der Waals surface area (Å²) in [6.07, 6.45) is 2.21. The lowest BCUT2D eigenvalue weighted by Crippen LogP contribution is -2.59. The molecule has 1 amide bonds. The zero-order valence-corrected chi connectivity index (χ0v) is 29.5. The Morgan fingerprint density at radius 3 is 2.52 bits per heavy atom. The van der Waals surface area contributed by atoms with Crippen molar-refractivity contribution in [2.75, 3.05) is 76.9 Å². The van der Waals surface area contributed by atoms with E-state index >= 15 is 0 Å². The van der Waals surface area contributed by atoms with Crippen LogP contribution in [0.3, 0.4) is 0 Å². The molecule has 2 aromatic carbocycles. The van der Waals surface area contributed by atoms with Crippen LogP contribution in [0.4, 0.5) is 16.3 Å². The van der Waals surface area contributed by atoms with Crippen LogP contribution in [0.5, 0.6) is 11.8 Å². The molecule has 1 saturated heterocycles. The second-order valence-electron chi connectivity index (χ2n) is 13.6. The lowest BCUT2D eigenvalue weighted by atomic mass is 10.0. The standard InChI is InChI=1S/C36H50N6O6/c1-8-9-19-46-26-21-25-12-10-11-13-27(25)30(22-26)40-15-14-28-29(23-40)37-34(47-20-18-39(5)6)38-32(28)41-16-17-42(31(24-41)33(43)45-7)35(44)48-36(2,3)4/h10-13,21-22,31H,8-9,14-20,23-24H2,1-7H3. The summed E-state index contributed by atoms with van der Waals surface area (Å²) in [7, 11) is 5.31. The molecule has 0 bridgehead atoms. The zero-order valence-electron chi connectivity index (χ0n) is 29.5. The molecule has 0 saturated carbocycles. The Balaban J connectivity index is 1.48. The minimum atomic E-state index is -0.857. The first-order valence-corrected chi connectivity index (χ1v) is 16.9. The van der Waals surface area contributed by atoms with Crippen LogP contribution in [0.2, 0.25) is 0 Å². The van der Waals surface area contributed by atoms with E-state index in [1.54, 1.807) is 20.8 Å². The van der Waals surface area contributed by atoms with Gasteiger partial charge in [-0.3, -0.25) is 4.90 Å². The number of carbonyl (C=O) groups is 2. The Morgan fingerprint density at radius 1 is 1.00 bits per heavy atom. The predicted molar refractivity (Wildman–Crippen MR) is 186 cm³/mol. The molecule has 2 aliphatic heterocycles. The topological polar surface area (TPSA) is 110 Å². The van der Waals surface area contributed by atoms with Crippen molar-refractivity contribution in [3.8, 4) is 11.8 Å². The summed E-state index contributed by atoms with van der Waals surface area (Å²) in [6.45, 7) is 11.6. The largest absolute Gasteiger partial charge is 0.493 e. The van der Waals surface area contributed by atoms with E-state index in [0.29, 0.717) is 39.3 Å². The highest BCUT2D eigenvalue weighted by Gasteiger charge is 2.40. The fraction of sp³-hybridized carbons (Fsp3) is 0.556. The van der Waals surface area contributed by atoms with Gasteiger partial charge in [0.1, 0.15) is 23.8 Å². The SMILES string of the molecule is CCCCOc1cc(N2CCc3c(nc(OCCN(C)C)nc3N3CCN(C(=O)OC(C)(C)C)C(C(=O)OC)C3)C2)c2ccccc2c1. The molecular weight excluding hydrogens is 612 g/mol. The molecule has 12 nitrogen and oxygen atoms in total. The monoisotopic (exact) mass is 662 g/mol. The summed E-state index contributed by atoms with van der Waals surface area (Å²) < 4.78 is 23.0. The van der Waals surface area contributed by atoms with Crippen LogP contribution < -0.4 is 19.3 Å². The first-order chi connectivity index (χ1) is 23.0. The van der Waals surface area contributed by atoms with E-state index in [4.69, 9.17) is 28.9 Å². The van der Waals surface area contributed by atoms with Gasteiger partial charge in [0, 0.05) is 48.9 Å². The molecular formula is C36H50N6O6. The summed E-state index contributed by atoms with van der Waals surface area (Å²) in [4.78, 5) is 43.9. The van der Waals surface area contributed by atoms with Crippen molar-refractivity contribution in [1.29, 1.82) is 0 Å². The molecule has 48 heavy (non-hydrogen) atoms. The number of methoxy groups -OCH3 is 1. The molecule has 1 atom stereocenters. The number of amides is 1. The number of carbonyl (C=O) groups excluding carboxylic acids is 2. The van der Waals surface area contributed by atoms with Gasteiger partial charge in [0.2, 0.25) is 0 Å². The molecule has 5 rings (SSSR count). The predicted octanol–water partition coefficient (Wildman–Crippen LogP) is 4.91. The number of hydrogen-bond donors (Lipinski definition) is 0. The summed E-state index contributed by atoms with van der Waals surface area (Å²) in [6, 6.07) is 12.1. The highest BCUT2D eigenvalue weighted by molar-refractivity contribution is 5.96. The van der Waals surface area contributed by atoms with Gasteiger partial charge in [-0.15, -0.1) is 0 Å². The van der Waals surface area contributed by atoms with Gasteiger partial charge in [0.15, 0.2) is 6.04 Å². The lowest BCUT2D eigenvalue weighted by molar-refractivity contribution is -0.147. The van der Waals surface area contributed by atoms with Crippen LogP contribution >= 0.6 is 0 Å². The van der Waals surface area contributed by atoms with Crippen molar-refractivity contribution in [2.24, 2.45) is 0 Å². The Hall–Kier alpha value is -4.32. The third kappa shape index (κ3) is 8.39. The Labute approximate surface area is 283 Å². The first-order valence-electron chi connectivity index (χ1n) is 16.9. The van der Waals surface area contributed by atoms with E-state index in [0.717, 1.165) is 58.7 Å². The van der Waals surface area contributed by atoms with Gasteiger partial charge in [-0.1, -0.05) is 37.6 Å². The van der Waals surface area contributed by atoms with Gasteiger partial charge in [0.25, 0.3) is 0 Å². The quantitative estimate of drug-likeness (QED) is 0.206. The molecule has 1 aromatic heterocycles. The van der Waals surface area contributed by atoms with Crippen LogP contribution in [0.1, 0.15) is 51.8 Å². The Kier molecular flexibility index (Phi) is 11.1. The van der Waals surface area contributed by atoms with Crippen LogP contribution in [-0.4, -0.2) is 111 Å². The van der Waals surface area contributed by atoms with E-state index < -0.39 is 23.7 Å². The molecule has 0 aliphatic carbocycles. The molecule has 1 unspecified atom stereocenters. The van der Waals surface area contributed by atoms with E-state index in [1.165, 1.54) is 12.0 Å². The van der Waals surface area contributed by atoms with Crippen LogP contribution in [0.25, 0.3) is 10.8 Å². The molecule has 260 valence electrons. The number of hydrogen-bond acceptors (Lipinski definition) is 11. The number of piperazine rings is 1. The molecule has 0 radical (unpaired) electrons. The van der Waals surface area contributed by atoms with Crippen molar-refractivity contribution >= 4 is 34.3 Å². The maximum absolute atomic E-state index is 13.1. The second-order valence-corrected chi connectivity index (χ2v) is 13.6. The van der Waals surface area contributed by atoms with Crippen molar-refractivity contribution < 1.29 is 28.5 Å². The first kappa shape index (κ1) is 35.0. The molecule has 2 aliphatic rings. The van der Waals surface area contributed by atoms with Gasteiger partial charge in [-0.05, 0) is 59.2 Å². The number of benzene rings is 2. The fourth-order valence-corrected chi connectivity index (χ4v) is 6.03. The van der Waals surface area contributed by atoms with E-state index in [-0.39, 0.29) is 19.1 Å². The number of fused-ring (bicyclic) bond motifs is 2. The second kappa shape index (κ2) is 15.3. The van der Waals surface area contributed by atoms with Crippen molar-refractivity contribution in [3.05, 3.63) is 47.7 Å². The summed E-state index contributed by atoms with van der Waals surface area (Å²) in [5.74, 6) is 1.07. The molecule has 3 heterocycles. The third-order valence-electron chi connectivity index (χ3n) is 8.49. The highest BCUT2D eigenvalue weighted by atomic mass is 16.6. The Morgan fingerprint density at radius 2 is 1.79 bits per heavy atom. The minimum Gasteiger partial charge on any atom is -0.493 e. The van der Waals surface area contributed by atoms with Crippen molar-refractivity contribution in [3.63, 3.8) is 0 Å². The van der Waals surface area contributed by atoms with Crippen LogP contribution in [0, 0.1) is 0 Å². The Bertz CT molecular complexity index is 1590. The summed E-state index contributed by atoms with van der Waals surface area (Å²) in [5, 5.41) is 2.28. The fourth-order valence-electron chi connectivity index (χ4n) is 6.03. The van der Waals surface area contributed by atoms with E-state index in [1.807, 2.05) is 19.0 Å². The van der Waals surface area contributed by atoms with Gasteiger partial charge in [-0.2, -0.15) is 9.97 Å². The highest BCUT2D eigenvalue weighted by Crippen LogP contribution is 2.37. The molecule has 3 aromatic rings. The smallest absolute Gasteiger partial charge is 0.411 e. The lowest BCUT2D eigenvalue weighted by Gasteiger charge is -2.42. The van der Waals surface area contributed by atoms with Gasteiger partial charge in [0.05, 0.1) is 32.5 Å². The number of anilines is 2. The average Bonchev–Trinajstić information content (AvgIpc) is 3.05. The number of ether oxygens (including phenoxy) is 4. The van der Waals surface area contributed by atoms with E-state index in [9.17, 15) is 9.59 Å². The van der Waals surface area contributed by atoms with Crippen molar-refractivity contribution in [1.82, 2.24) is 19.8 Å². The van der Waals surface area contributed by atoms with Crippen LogP contribution in [-0.2, 0) is 27.2 Å². The number of nitrogens with zero attached hydrogens (tertiary/aromatic N) is 6.